The van der Waals surface area contributed by atoms with E-state index in [9.17, 15) is 14.6 Å². The second-order valence-electron chi connectivity index (χ2n) is 5.01. The smallest absolute Gasteiger partial charge is 0.383 e. The van der Waals surface area contributed by atoms with Gasteiger partial charge in [-0.3, -0.25) is 4.57 Å². The normalized spacial score (nSPS) is 22.1. The fraction of sp³-hybridized carbons (Fsp3) is 0.400. The summed E-state index contributed by atoms with van der Waals surface area (Å²) >= 11 is 0. The summed E-state index contributed by atoms with van der Waals surface area (Å²) in [5, 5.41) is 0. The van der Waals surface area contributed by atoms with E-state index in [1.807, 2.05) is 0 Å². The third-order valence-corrected chi connectivity index (χ3v) is 6.45. The van der Waals surface area contributed by atoms with Crippen molar-refractivity contribution in [3.05, 3.63) is 34.9 Å². The van der Waals surface area contributed by atoms with Crippen molar-refractivity contribution in [2.75, 3.05) is 12.3 Å². The first-order valence-corrected chi connectivity index (χ1v) is 10.5. The lowest BCUT2D eigenvalue weighted by atomic mass is 9.76. The van der Waals surface area contributed by atoms with Crippen molar-refractivity contribution >= 4 is 31.2 Å². The molecule has 0 aliphatic heterocycles. The molecule has 1 aliphatic carbocycles. The Morgan fingerprint density at radius 2 is 2.12 bits per heavy atom. The maximum Gasteiger partial charge on any atom is 0.578 e. The molecule has 15 heteroatoms. The molecular formula is C10H17N3O9P3+. The molecule has 1 heterocycles. The standard InChI is InChI=1S/C10H16N3O9P3/c1-6-7(4-8(6)13-3-2-9(11)12-10(13)14)5-20-25(18,19)22-24(17)21-23(15)16/h2-3,7-8,15-19H,1,4-5H2,(H-,11,12,14)/p+1. The molecule has 0 saturated heterocycles. The summed E-state index contributed by atoms with van der Waals surface area (Å²) in [4.78, 5) is 60.7. The van der Waals surface area contributed by atoms with Gasteiger partial charge >= 0.3 is 31.1 Å². The first-order valence-electron chi connectivity index (χ1n) is 6.66. The second-order valence-corrected chi connectivity index (χ2v) is 8.53. The fourth-order valence-electron chi connectivity index (χ4n) is 2.19. The molecule has 1 aromatic rings. The minimum absolute atomic E-state index is 0.107. The Hall–Kier alpha value is -0.610. The molecule has 0 aromatic carbocycles. The molecule has 12 nitrogen and oxygen atoms in total. The number of anilines is 1. The Morgan fingerprint density at radius 3 is 2.68 bits per heavy atom. The Labute approximate surface area is 144 Å². The maximum atomic E-state index is 11.8. The van der Waals surface area contributed by atoms with Crippen LogP contribution >= 0.6 is 25.4 Å². The van der Waals surface area contributed by atoms with E-state index in [2.05, 4.69) is 20.2 Å². The molecule has 0 bridgehead atoms. The third kappa shape index (κ3) is 5.68. The summed E-state index contributed by atoms with van der Waals surface area (Å²) in [6.07, 6.45) is 1.93. The number of nitrogen functional groups attached to an aromatic ring is 1. The van der Waals surface area contributed by atoms with Gasteiger partial charge in [0.15, 0.2) is 0 Å². The van der Waals surface area contributed by atoms with Crippen molar-refractivity contribution in [2.45, 2.75) is 12.5 Å². The van der Waals surface area contributed by atoms with Crippen molar-refractivity contribution in [1.82, 2.24) is 9.55 Å². The molecule has 140 valence electrons. The number of nitrogens with two attached hydrogens (primary N) is 1. The van der Waals surface area contributed by atoms with Crippen LogP contribution in [0.4, 0.5) is 5.82 Å². The molecule has 0 radical (unpaired) electrons. The van der Waals surface area contributed by atoms with Gasteiger partial charge in [0.25, 0.3) is 0 Å². The van der Waals surface area contributed by atoms with Gasteiger partial charge in [-0.05, 0) is 18.1 Å². The average Bonchev–Trinajstić information content (AvgIpc) is 2.46. The van der Waals surface area contributed by atoms with Crippen LogP contribution in [0, 0.1) is 5.92 Å². The van der Waals surface area contributed by atoms with Crippen LogP contribution in [0.25, 0.3) is 0 Å². The summed E-state index contributed by atoms with van der Waals surface area (Å²) in [5.41, 5.74) is 5.52. The molecule has 3 unspecified atom stereocenters. The summed E-state index contributed by atoms with van der Waals surface area (Å²) in [6.45, 7) is 3.65. The molecule has 7 N–H and O–H groups in total. The topological polar surface area (TPSA) is 190 Å². The van der Waals surface area contributed by atoms with Crippen molar-refractivity contribution in [3.8, 4) is 0 Å². The van der Waals surface area contributed by atoms with Crippen LogP contribution < -0.4 is 11.4 Å². The second kappa shape index (κ2) is 8.39. The molecular weight excluding hydrogens is 399 g/mol. The van der Waals surface area contributed by atoms with E-state index in [0.717, 1.165) is 0 Å². The van der Waals surface area contributed by atoms with Gasteiger partial charge in [-0.15, -0.1) is 0 Å². The van der Waals surface area contributed by atoms with Gasteiger partial charge in [0, 0.05) is 12.1 Å². The largest absolute Gasteiger partial charge is 0.578 e. The number of nitrogens with zero attached hydrogens (tertiary/aromatic N) is 2. The zero-order valence-corrected chi connectivity index (χ0v) is 15.3. The number of hydrogen-bond donors (Lipinski definition) is 6. The SMILES string of the molecule is C=C1C(CO[P+](O)(O)OP(O)OP(O)O)CC1n1ccc(N)nc1=O. The van der Waals surface area contributed by atoms with Crippen LogP contribution in [-0.4, -0.2) is 40.6 Å². The van der Waals surface area contributed by atoms with Gasteiger partial charge in [-0.25, -0.2) is 9.11 Å². The molecule has 3 atom stereocenters. The van der Waals surface area contributed by atoms with Gasteiger partial charge in [0.05, 0.1) is 6.04 Å². The Morgan fingerprint density at radius 1 is 1.44 bits per heavy atom. The molecule has 2 rings (SSSR count). The highest BCUT2D eigenvalue weighted by Gasteiger charge is 2.47. The lowest BCUT2D eigenvalue weighted by Crippen LogP contribution is -2.38. The van der Waals surface area contributed by atoms with E-state index >= 15 is 0 Å². The zero-order chi connectivity index (χ0) is 18.8. The number of hydrogen-bond acceptors (Lipinski definition) is 11. The molecule has 1 fully saturated rings. The molecule has 0 spiro atoms. The van der Waals surface area contributed by atoms with Crippen LogP contribution in [0.2, 0.25) is 0 Å². The van der Waals surface area contributed by atoms with Crippen LogP contribution in [0.15, 0.2) is 29.2 Å². The van der Waals surface area contributed by atoms with Gasteiger partial charge in [-0.2, -0.15) is 19.3 Å². The fourth-order valence-corrected chi connectivity index (χ4v) is 4.37. The predicted octanol–water partition coefficient (Wildman–Crippen LogP) is 0.0854. The quantitative estimate of drug-likeness (QED) is 0.249. The van der Waals surface area contributed by atoms with Gasteiger partial charge in [-0.1, -0.05) is 10.9 Å². The van der Waals surface area contributed by atoms with Crippen LogP contribution in [-0.2, 0) is 13.1 Å². The molecule has 1 saturated carbocycles. The number of aromatic nitrogens is 2. The van der Waals surface area contributed by atoms with E-state index in [4.69, 9.17) is 24.9 Å². The predicted molar refractivity (Wildman–Crippen MR) is 89.2 cm³/mol. The van der Waals surface area contributed by atoms with Crippen LogP contribution in [0.1, 0.15) is 12.5 Å². The molecule has 0 amide bonds. The minimum Gasteiger partial charge on any atom is -0.383 e. The van der Waals surface area contributed by atoms with Gasteiger partial charge in [0.2, 0.25) is 0 Å². The monoisotopic (exact) mass is 416 g/mol. The Balaban J connectivity index is 1.85. The number of rotatable bonds is 8. The lowest BCUT2D eigenvalue weighted by Gasteiger charge is -2.38. The van der Waals surface area contributed by atoms with Gasteiger partial charge in [0.1, 0.15) is 12.4 Å². The first-order chi connectivity index (χ1) is 11.6. The molecule has 25 heavy (non-hydrogen) atoms. The highest BCUT2D eigenvalue weighted by atomic mass is 31.3. The van der Waals surface area contributed by atoms with Crippen molar-refractivity contribution in [1.29, 1.82) is 0 Å². The van der Waals surface area contributed by atoms with Crippen molar-refractivity contribution in [3.63, 3.8) is 0 Å². The van der Waals surface area contributed by atoms with Gasteiger partial charge < -0.3 is 20.4 Å². The van der Waals surface area contributed by atoms with Crippen LogP contribution in [0.3, 0.4) is 0 Å². The molecule has 1 aliphatic rings. The average molecular weight is 416 g/mol. The van der Waals surface area contributed by atoms with E-state index in [1.165, 1.54) is 16.8 Å². The lowest BCUT2D eigenvalue weighted by molar-refractivity contribution is 0.121. The van der Waals surface area contributed by atoms with Crippen molar-refractivity contribution in [2.24, 2.45) is 5.92 Å². The van der Waals surface area contributed by atoms with E-state index in [1.54, 1.807) is 0 Å². The summed E-state index contributed by atoms with van der Waals surface area (Å²) in [7, 11) is -10.3. The minimum atomic E-state index is -4.42. The zero-order valence-electron chi connectivity index (χ0n) is 12.6. The van der Waals surface area contributed by atoms with E-state index < -0.39 is 31.1 Å². The summed E-state index contributed by atoms with van der Waals surface area (Å²) < 4.78 is 14.6. The third-order valence-electron chi connectivity index (χ3n) is 3.41. The summed E-state index contributed by atoms with van der Waals surface area (Å²) in [5.74, 6) is -0.175. The van der Waals surface area contributed by atoms with E-state index in [0.29, 0.717) is 12.0 Å². The van der Waals surface area contributed by atoms with Crippen LogP contribution in [0.5, 0.6) is 0 Å². The van der Waals surface area contributed by atoms with Crippen molar-refractivity contribution < 1.29 is 37.6 Å². The molecule has 1 aromatic heterocycles. The first kappa shape index (κ1) is 20.7. The maximum absolute atomic E-state index is 11.8. The van der Waals surface area contributed by atoms with E-state index in [-0.39, 0.29) is 24.4 Å². The summed E-state index contributed by atoms with van der Waals surface area (Å²) in [6, 6.07) is 1.16. The highest BCUT2D eigenvalue weighted by molar-refractivity contribution is 7.65. The Kier molecular flexibility index (Phi) is 6.94. The highest BCUT2D eigenvalue weighted by Crippen LogP contribution is 2.64. The Bertz CT molecular complexity index is 685.